The molecule has 0 aromatic heterocycles. The third kappa shape index (κ3) is 2.62. The molecule has 2 N–H and O–H groups in total. The van der Waals surface area contributed by atoms with E-state index in [0.717, 1.165) is 6.07 Å². The zero-order chi connectivity index (χ0) is 11.5. The summed E-state index contributed by atoms with van der Waals surface area (Å²) in [5.74, 6) is -0.157. The van der Waals surface area contributed by atoms with Gasteiger partial charge in [0.1, 0.15) is 5.75 Å². The van der Waals surface area contributed by atoms with Crippen LogP contribution in [0.25, 0.3) is 0 Å². The van der Waals surface area contributed by atoms with Gasteiger partial charge in [0.25, 0.3) is 0 Å². The fourth-order valence-corrected chi connectivity index (χ4v) is 1.28. The van der Waals surface area contributed by atoms with Gasteiger partial charge in [-0.1, -0.05) is 12.1 Å². The van der Waals surface area contributed by atoms with Crippen molar-refractivity contribution in [1.82, 2.24) is 0 Å². The summed E-state index contributed by atoms with van der Waals surface area (Å²) < 4.78 is 42.7. The lowest BCUT2D eigenvalue weighted by Crippen LogP contribution is -2.11. The van der Waals surface area contributed by atoms with Gasteiger partial charge in [0, 0.05) is 12.1 Å². The average molecular weight is 219 g/mol. The van der Waals surface area contributed by atoms with Crippen molar-refractivity contribution in [3.63, 3.8) is 0 Å². The molecule has 84 valence electrons. The van der Waals surface area contributed by atoms with Crippen LogP contribution in [0.3, 0.4) is 0 Å². The van der Waals surface area contributed by atoms with Gasteiger partial charge in [0.2, 0.25) is 0 Å². The maximum atomic E-state index is 12.6. The maximum absolute atomic E-state index is 12.6. The van der Waals surface area contributed by atoms with Gasteiger partial charge in [0.05, 0.1) is 12.2 Å². The third-order valence-corrected chi connectivity index (χ3v) is 1.91. The van der Waals surface area contributed by atoms with E-state index in [2.05, 4.69) is 0 Å². The highest BCUT2D eigenvalue weighted by atomic mass is 19.4. The van der Waals surface area contributed by atoms with Crippen LogP contribution in [0.4, 0.5) is 13.2 Å². The topological polar surface area (TPSA) is 35.2 Å². The zero-order valence-electron chi connectivity index (χ0n) is 8.27. The van der Waals surface area contributed by atoms with E-state index < -0.39 is 11.7 Å². The molecule has 0 aliphatic rings. The van der Waals surface area contributed by atoms with Gasteiger partial charge >= 0.3 is 6.18 Å². The van der Waals surface area contributed by atoms with Crippen molar-refractivity contribution < 1.29 is 17.9 Å². The van der Waals surface area contributed by atoms with Crippen molar-refractivity contribution in [3.05, 3.63) is 29.3 Å². The molecule has 0 aliphatic carbocycles. The number of benzene rings is 1. The first-order chi connectivity index (χ1) is 7.00. The van der Waals surface area contributed by atoms with Crippen LogP contribution in [0.1, 0.15) is 18.1 Å². The number of alkyl halides is 3. The molecule has 0 amide bonds. The molecular weight excluding hydrogens is 207 g/mol. The number of nitrogens with two attached hydrogens (primary N) is 1. The highest BCUT2D eigenvalue weighted by molar-refractivity contribution is 5.43. The molecule has 5 heteroatoms. The van der Waals surface area contributed by atoms with E-state index in [1.807, 2.05) is 0 Å². The van der Waals surface area contributed by atoms with Crippen molar-refractivity contribution in [2.75, 3.05) is 6.61 Å². The van der Waals surface area contributed by atoms with Crippen molar-refractivity contribution in [2.45, 2.75) is 19.6 Å². The molecule has 15 heavy (non-hydrogen) atoms. The van der Waals surface area contributed by atoms with E-state index in [4.69, 9.17) is 10.5 Å². The van der Waals surface area contributed by atoms with Crippen LogP contribution in [-0.4, -0.2) is 6.61 Å². The standard InChI is InChI=1S/C10H12F3NO/c1-2-15-9-7(6-14)4-3-5-8(9)10(11,12)13/h3-5H,2,6,14H2,1H3. The van der Waals surface area contributed by atoms with Gasteiger partial charge in [-0.2, -0.15) is 13.2 Å². The minimum atomic E-state index is -4.41. The lowest BCUT2D eigenvalue weighted by molar-refractivity contribution is -0.139. The second kappa shape index (κ2) is 4.53. The van der Waals surface area contributed by atoms with E-state index in [9.17, 15) is 13.2 Å². The lowest BCUT2D eigenvalue weighted by atomic mass is 10.1. The number of hydrogen-bond donors (Lipinski definition) is 1. The SMILES string of the molecule is CCOc1c(CN)cccc1C(F)(F)F. The van der Waals surface area contributed by atoms with Gasteiger partial charge < -0.3 is 10.5 Å². The van der Waals surface area contributed by atoms with E-state index >= 15 is 0 Å². The molecule has 0 heterocycles. The van der Waals surface area contributed by atoms with E-state index in [0.29, 0.717) is 5.56 Å². The molecule has 0 radical (unpaired) electrons. The molecule has 0 atom stereocenters. The summed E-state index contributed by atoms with van der Waals surface area (Å²) in [6, 6.07) is 3.85. The zero-order valence-corrected chi connectivity index (χ0v) is 8.27. The summed E-state index contributed by atoms with van der Waals surface area (Å²) in [4.78, 5) is 0. The molecule has 1 aromatic rings. The fourth-order valence-electron chi connectivity index (χ4n) is 1.28. The highest BCUT2D eigenvalue weighted by Crippen LogP contribution is 2.37. The smallest absolute Gasteiger partial charge is 0.419 e. The Morgan fingerprint density at radius 2 is 2.00 bits per heavy atom. The summed E-state index contributed by atoms with van der Waals surface area (Å²) in [5.41, 5.74) is 4.94. The Balaban J connectivity index is 3.25. The molecule has 2 nitrogen and oxygen atoms in total. The quantitative estimate of drug-likeness (QED) is 0.847. The molecule has 0 fully saturated rings. The van der Waals surface area contributed by atoms with Crippen molar-refractivity contribution in [2.24, 2.45) is 5.73 Å². The molecule has 0 unspecified atom stereocenters. The van der Waals surface area contributed by atoms with Gasteiger partial charge in [-0.05, 0) is 13.0 Å². The molecule has 1 rings (SSSR count). The Kier molecular flexibility index (Phi) is 3.57. The van der Waals surface area contributed by atoms with Crippen LogP contribution in [0.2, 0.25) is 0 Å². The highest BCUT2D eigenvalue weighted by Gasteiger charge is 2.35. The summed E-state index contributed by atoms with van der Waals surface area (Å²) in [7, 11) is 0. The van der Waals surface area contributed by atoms with Crippen LogP contribution in [-0.2, 0) is 12.7 Å². The number of rotatable bonds is 3. The van der Waals surface area contributed by atoms with E-state index in [1.165, 1.54) is 12.1 Å². The first kappa shape index (κ1) is 11.8. The van der Waals surface area contributed by atoms with Crippen LogP contribution >= 0.6 is 0 Å². The molecule has 0 saturated carbocycles. The van der Waals surface area contributed by atoms with Crippen LogP contribution in [0.15, 0.2) is 18.2 Å². The Hall–Kier alpha value is -1.23. The van der Waals surface area contributed by atoms with Crippen molar-refractivity contribution >= 4 is 0 Å². The Morgan fingerprint density at radius 3 is 2.47 bits per heavy atom. The first-order valence-electron chi connectivity index (χ1n) is 4.52. The molecule has 0 bridgehead atoms. The molecular formula is C10H12F3NO. The second-order valence-electron chi connectivity index (χ2n) is 2.93. The number of para-hydroxylation sites is 1. The molecule has 1 aromatic carbocycles. The van der Waals surface area contributed by atoms with Crippen molar-refractivity contribution in [3.8, 4) is 5.75 Å². The van der Waals surface area contributed by atoms with Crippen LogP contribution in [0, 0.1) is 0 Å². The fraction of sp³-hybridized carbons (Fsp3) is 0.400. The normalized spacial score (nSPS) is 11.5. The summed E-state index contributed by atoms with van der Waals surface area (Å²) in [6.07, 6.45) is -4.41. The first-order valence-corrected chi connectivity index (χ1v) is 4.52. The lowest BCUT2D eigenvalue weighted by Gasteiger charge is -2.15. The molecule has 0 spiro atoms. The second-order valence-corrected chi connectivity index (χ2v) is 2.93. The van der Waals surface area contributed by atoms with Crippen molar-refractivity contribution in [1.29, 1.82) is 0 Å². The van der Waals surface area contributed by atoms with E-state index in [-0.39, 0.29) is 18.9 Å². The monoisotopic (exact) mass is 219 g/mol. The molecule has 0 aliphatic heterocycles. The summed E-state index contributed by atoms with van der Waals surface area (Å²) in [5, 5.41) is 0. The minimum absolute atomic E-state index is 0.0270. The largest absolute Gasteiger partial charge is 0.493 e. The minimum Gasteiger partial charge on any atom is -0.493 e. The predicted molar refractivity (Wildman–Crippen MR) is 50.5 cm³/mol. The maximum Gasteiger partial charge on any atom is 0.419 e. The Bertz CT molecular complexity index is 336. The molecule has 0 saturated heterocycles. The van der Waals surface area contributed by atoms with E-state index in [1.54, 1.807) is 6.92 Å². The van der Waals surface area contributed by atoms with Gasteiger partial charge in [-0.25, -0.2) is 0 Å². The van der Waals surface area contributed by atoms with Crippen LogP contribution < -0.4 is 10.5 Å². The summed E-state index contributed by atoms with van der Waals surface area (Å²) >= 11 is 0. The average Bonchev–Trinajstić information content (AvgIpc) is 2.17. The number of ether oxygens (including phenoxy) is 1. The predicted octanol–water partition coefficient (Wildman–Crippen LogP) is 2.56. The Morgan fingerprint density at radius 1 is 1.33 bits per heavy atom. The van der Waals surface area contributed by atoms with Gasteiger partial charge in [-0.3, -0.25) is 0 Å². The Labute approximate surface area is 85.8 Å². The van der Waals surface area contributed by atoms with Crippen LogP contribution in [0.5, 0.6) is 5.75 Å². The van der Waals surface area contributed by atoms with Gasteiger partial charge in [0.15, 0.2) is 0 Å². The van der Waals surface area contributed by atoms with Gasteiger partial charge in [-0.15, -0.1) is 0 Å². The number of halogens is 3. The summed E-state index contributed by atoms with van der Waals surface area (Å²) in [6.45, 7) is 1.84. The third-order valence-electron chi connectivity index (χ3n) is 1.91. The number of hydrogen-bond acceptors (Lipinski definition) is 2.